The molecule has 0 aromatic heterocycles. The molecular formula is C30H32N2O6. The van der Waals surface area contributed by atoms with Gasteiger partial charge in [-0.1, -0.05) is 18.2 Å². The maximum atomic E-state index is 13.5. The number of amides is 1. The van der Waals surface area contributed by atoms with Crippen molar-refractivity contribution in [3.05, 3.63) is 82.9 Å². The summed E-state index contributed by atoms with van der Waals surface area (Å²) in [5.41, 5.74) is 2.81. The number of hydrogen-bond acceptors (Lipinski definition) is 7. The van der Waals surface area contributed by atoms with Crippen molar-refractivity contribution >= 4 is 28.8 Å². The Morgan fingerprint density at radius 3 is 2.18 bits per heavy atom. The number of rotatable bonds is 8. The second-order valence-corrected chi connectivity index (χ2v) is 8.99. The van der Waals surface area contributed by atoms with E-state index in [1.807, 2.05) is 31.2 Å². The Morgan fingerprint density at radius 2 is 1.58 bits per heavy atom. The molecule has 1 aliphatic rings. The second kappa shape index (κ2) is 10.9. The van der Waals surface area contributed by atoms with Crippen LogP contribution >= 0.6 is 0 Å². The van der Waals surface area contributed by atoms with E-state index in [1.165, 1.54) is 25.2 Å². The van der Waals surface area contributed by atoms with Crippen molar-refractivity contribution in [2.75, 3.05) is 37.1 Å². The van der Waals surface area contributed by atoms with Crippen molar-refractivity contribution in [2.24, 2.45) is 0 Å². The number of carbonyl (C=O) groups excluding carboxylic acids is 2. The number of anilines is 2. The van der Waals surface area contributed by atoms with E-state index in [0.29, 0.717) is 22.6 Å². The van der Waals surface area contributed by atoms with Crippen LogP contribution in [0.4, 0.5) is 11.4 Å². The molecule has 0 aliphatic carbocycles. The first-order valence-electron chi connectivity index (χ1n) is 12.4. The molecule has 0 saturated carbocycles. The summed E-state index contributed by atoms with van der Waals surface area (Å²) in [6.45, 7) is 7.61. The molecule has 38 heavy (non-hydrogen) atoms. The largest absolute Gasteiger partial charge is 0.507 e. The molecule has 0 spiro atoms. The van der Waals surface area contributed by atoms with Crippen LogP contribution in [0.3, 0.4) is 0 Å². The van der Waals surface area contributed by atoms with Gasteiger partial charge in [-0.3, -0.25) is 14.5 Å². The van der Waals surface area contributed by atoms with E-state index in [1.54, 1.807) is 30.3 Å². The van der Waals surface area contributed by atoms with E-state index in [0.717, 1.165) is 24.3 Å². The summed E-state index contributed by atoms with van der Waals surface area (Å²) in [7, 11) is 2.97. The molecule has 4 rings (SSSR count). The lowest BCUT2D eigenvalue weighted by Gasteiger charge is -2.27. The number of aryl methyl sites for hydroxylation is 1. The molecule has 8 nitrogen and oxygen atoms in total. The quantitative estimate of drug-likeness (QED) is 0.241. The third kappa shape index (κ3) is 4.65. The third-order valence-corrected chi connectivity index (χ3v) is 6.83. The maximum Gasteiger partial charge on any atom is 0.300 e. The first-order valence-corrected chi connectivity index (χ1v) is 12.4. The Morgan fingerprint density at radius 1 is 0.921 bits per heavy atom. The van der Waals surface area contributed by atoms with Crippen molar-refractivity contribution in [2.45, 2.75) is 26.8 Å². The molecule has 1 fully saturated rings. The number of hydrogen-bond donors (Lipinski definition) is 2. The third-order valence-electron chi connectivity index (χ3n) is 6.83. The summed E-state index contributed by atoms with van der Waals surface area (Å²) in [4.78, 5) is 30.4. The van der Waals surface area contributed by atoms with E-state index >= 15 is 0 Å². The fraction of sp³-hybridized carbons (Fsp3) is 0.267. The fourth-order valence-electron chi connectivity index (χ4n) is 4.82. The average Bonchev–Trinajstić information content (AvgIpc) is 3.20. The van der Waals surface area contributed by atoms with Crippen LogP contribution in [0.25, 0.3) is 5.76 Å². The van der Waals surface area contributed by atoms with Gasteiger partial charge in [0.25, 0.3) is 11.7 Å². The zero-order chi connectivity index (χ0) is 27.6. The van der Waals surface area contributed by atoms with Gasteiger partial charge in [0, 0.05) is 24.3 Å². The highest BCUT2D eigenvalue weighted by Gasteiger charge is 2.47. The number of aromatic hydroxyl groups is 1. The van der Waals surface area contributed by atoms with Gasteiger partial charge in [0.2, 0.25) is 0 Å². The van der Waals surface area contributed by atoms with E-state index in [4.69, 9.17) is 9.47 Å². The van der Waals surface area contributed by atoms with Gasteiger partial charge in [0.1, 0.15) is 11.5 Å². The minimum absolute atomic E-state index is 0.0845. The van der Waals surface area contributed by atoms with Crippen LogP contribution in [0.5, 0.6) is 17.2 Å². The summed E-state index contributed by atoms with van der Waals surface area (Å²) in [6.07, 6.45) is 0. The van der Waals surface area contributed by atoms with Gasteiger partial charge in [-0.2, -0.15) is 0 Å². The summed E-state index contributed by atoms with van der Waals surface area (Å²) in [5, 5.41) is 22.1. The first-order chi connectivity index (χ1) is 18.2. The Labute approximate surface area is 222 Å². The minimum atomic E-state index is -0.971. The Balaban J connectivity index is 1.94. The zero-order valence-electron chi connectivity index (χ0n) is 22.2. The maximum absolute atomic E-state index is 13.5. The predicted molar refractivity (Wildman–Crippen MR) is 147 cm³/mol. The molecule has 3 aromatic carbocycles. The number of nitrogens with zero attached hydrogens (tertiary/aromatic N) is 2. The van der Waals surface area contributed by atoms with Crippen LogP contribution in [0.2, 0.25) is 0 Å². The number of aliphatic hydroxyl groups is 1. The second-order valence-electron chi connectivity index (χ2n) is 8.99. The number of aliphatic hydroxyl groups excluding tert-OH is 1. The van der Waals surface area contributed by atoms with Crippen LogP contribution in [-0.2, 0) is 9.59 Å². The lowest BCUT2D eigenvalue weighted by Crippen LogP contribution is -2.29. The molecule has 3 aromatic rings. The number of methoxy groups -OCH3 is 2. The SMILES string of the molecule is CCN(CC)c1ccc(C2/C(=C(/O)c3ccc(OC)c(OC)c3)C(=O)C(=O)N2c2cc(C)ccc2O)cc1. The Kier molecular flexibility index (Phi) is 7.62. The molecule has 1 unspecified atom stereocenters. The number of benzene rings is 3. The normalized spacial score (nSPS) is 16.6. The van der Waals surface area contributed by atoms with Gasteiger partial charge in [0.15, 0.2) is 11.5 Å². The molecule has 198 valence electrons. The smallest absolute Gasteiger partial charge is 0.300 e. The number of carbonyl (C=O) groups is 2. The highest BCUT2D eigenvalue weighted by atomic mass is 16.5. The van der Waals surface area contributed by atoms with Crippen molar-refractivity contribution in [1.82, 2.24) is 0 Å². The van der Waals surface area contributed by atoms with Gasteiger partial charge >= 0.3 is 0 Å². The highest BCUT2D eigenvalue weighted by Crippen LogP contribution is 2.45. The van der Waals surface area contributed by atoms with Crippen LogP contribution in [0.1, 0.15) is 36.6 Å². The van der Waals surface area contributed by atoms with Crippen molar-refractivity contribution in [3.63, 3.8) is 0 Å². The van der Waals surface area contributed by atoms with E-state index in [2.05, 4.69) is 18.7 Å². The van der Waals surface area contributed by atoms with Gasteiger partial charge in [-0.15, -0.1) is 0 Å². The number of ketones is 1. The van der Waals surface area contributed by atoms with Crippen molar-refractivity contribution < 1.29 is 29.3 Å². The van der Waals surface area contributed by atoms with Crippen LogP contribution in [-0.4, -0.2) is 49.2 Å². The minimum Gasteiger partial charge on any atom is -0.507 e. The van der Waals surface area contributed by atoms with Gasteiger partial charge < -0.3 is 24.6 Å². The van der Waals surface area contributed by atoms with Crippen LogP contribution in [0, 0.1) is 6.92 Å². The number of phenols is 1. The van der Waals surface area contributed by atoms with E-state index in [-0.39, 0.29) is 22.8 Å². The molecule has 0 bridgehead atoms. The molecular weight excluding hydrogens is 484 g/mol. The summed E-state index contributed by atoms with van der Waals surface area (Å²) < 4.78 is 10.7. The van der Waals surface area contributed by atoms with Crippen LogP contribution in [0.15, 0.2) is 66.2 Å². The molecule has 0 radical (unpaired) electrons. The molecule has 1 saturated heterocycles. The monoisotopic (exact) mass is 516 g/mol. The molecule has 1 heterocycles. The van der Waals surface area contributed by atoms with E-state index in [9.17, 15) is 19.8 Å². The summed E-state index contributed by atoms with van der Waals surface area (Å²) >= 11 is 0. The molecule has 1 amide bonds. The molecule has 1 aliphatic heterocycles. The van der Waals surface area contributed by atoms with Crippen LogP contribution < -0.4 is 19.3 Å². The van der Waals surface area contributed by atoms with Gasteiger partial charge in [-0.25, -0.2) is 0 Å². The predicted octanol–water partition coefficient (Wildman–Crippen LogP) is 5.19. The zero-order valence-corrected chi connectivity index (χ0v) is 22.2. The lowest BCUT2D eigenvalue weighted by molar-refractivity contribution is -0.132. The number of ether oxygens (including phenoxy) is 2. The van der Waals surface area contributed by atoms with Gasteiger partial charge in [0.05, 0.1) is 31.5 Å². The first kappa shape index (κ1) is 26.6. The van der Waals surface area contributed by atoms with Gasteiger partial charge in [-0.05, 0) is 74.4 Å². The lowest BCUT2D eigenvalue weighted by atomic mass is 9.94. The fourth-order valence-corrected chi connectivity index (χ4v) is 4.82. The van der Waals surface area contributed by atoms with E-state index < -0.39 is 17.7 Å². The number of phenolic OH excluding ortho intramolecular Hbond substituents is 1. The van der Waals surface area contributed by atoms with Crippen molar-refractivity contribution in [3.8, 4) is 17.2 Å². The average molecular weight is 517 g/mol. The molecule has 8 heteroatoms. The standard InChI is InChI=1S/C30H32N2O6/c1-6-31(7-2)21-12-9-19(10-13-21)27-26(28(34)20-11-15-24(37-4)25(17-20)38-5)29(35)30(36)32(27)22-16-18(3)8-14-23(22)33/h8-17,27,33-34H,6-7H2,1-5H3/b28-26-. The molecule has 2 N–H and O–H groups in total. The highest BCUT2D eigenvalue weighted by molar-refractivity contribution is 6.52. The Bertz CT molecular complexity index is 1390. The Hall–Kier alpha value is -4.46. The van der Waals surface area contributed by atoms with Crippen molar-refractivity contribution in [1.29, 1.82) is 0 Å². The topological polar surface area (TPSA) is 99.5 Å². The molecule has 1 atom stereocenters. The summed E-state index contributed by atoms with van der Waals surface area (Å²) in [5.74, 6) is -1.37. The number of Topliss-reactive ketones (excluding diaryl/α,β-unsaturated/α-hetero) is 1. The summed E-state index contributed by atoms with van der Waals surface area (Å²) in [6, 6.07) is 16.2.